The van der Waals surface area contributed by atoms with Crippen molar-refractivity contribution >= 4 is 21.6 Å². The van der Waals surface area contributed by atoms with Crippen molar-refractivity contribution in [1.82, 2.24) is 4.31 Å². The zero-order valence-electron chi connectivity index (χ0n) is 16.4. The molecule has 1 heterocycles. The van der Waals surface area contributed by atoms with Crippen LogP contribution in [0.3, 0.4) is 0 Å². The molecule has 2 aromatic carbocycles. The number of nitrogens with zero attached hydrogens (tertiary/aromatic N) is 1. The number of halogens is 1. The van der Waals surface area contributed by atoms with E-state index in [1.54, 1.807) is 0 Å². The van der Waals surface area contributed by atoms with E-state index in [1.807, 2.05) is 32.9 Å². The number of anilines is 1. The molecule has 1 fully saturated rings. The smallest absolute Gasteiger partial charge is 0.255 e. The van der Waals surface area contributed by atoms with Crippen LogP contribution in [0.2, 0.25) is 0 Å². The summed E-state index contributed by atoms with van der Waals surface area (Å²) in [6.07, 6.45) is 2.48. The standard InChI is InChI=1S/C21H25FN2O3S/c1-14-11-15(2)20(16(3)12-14)23-21(25)17-7-8-18(22)19(13-17)28(26,27)24-9-5-4-6-10-24/h7-8,11-13H,4-6,9-10H2,1-3H3,(H,23,25). The van der Waals surface area contributed by atoms with E-state index in [2.05, 4.69) is 5.32 Å². The van der Waals surface area contributed by atoms with Gasteiger partial charge in [0, 0.05) is 24.3 Å². The minimum absolute atomic E-state index is 0.108. The number of amides is 1. The van der Waals surface area contributed by atoms with E-state index in [0.29, 0.717) is 18.8 Å². The highest BCUT2D eigenvalue weighted by Gasteiger charge is 2.29. The second-order valence-electron chi connectivity index (χ2n) is 7.34. The predicted octanol–water partition coefficient (Wildman–Crippen LogP) is 4.18. The van der Waals surface area contributed by atoms with Gasteiger partial charge in [-0.05, 0) is 62.9 Å². The summed E-state index contributed by atoms with van der Waals surface area (Å²) < 4.78 is 41.3. The fourth-order valence-corrected chi connectivity index (χ4v) is 5.26. The molecule has 28 heavy (non-hydrogen) atoms. The maximum absolute atomic E-state index is 14.3. The summed E-state index contributed by atoms with van der Waals surface area (Å²) >= 11 is 0. The van der Waals surface area contributed by atoms with Crippen LogP contribution in [0.25, 0.3) is 0 Å². The van der Waals surface area contributed by atoms with Gasteiger partial charge in [-0.3, -0.25) is 4.79 Å². The van der Waals surface area contributed by atoms with Gasteiger partial charge >= 0.3 is 0 Å². The van der Waals surface area contributed by atoms with Gasteiger partial charge in [0.25, 0.3) is 5.91 Å². The van der Waals surface area contributed by atoms with E-state index < -0.39 is 26.6 Å². The molecule has 3 rings (SSSR count). The quantitative estimate of drug-likeness (QED) is 0.831. The molecule has 1 N–H and O–H groups in total. The molecule has 5 nitrogen and oxygen atoms in total. The minimum Gasteiger partial charge on any atom is -0.322 e. The first-order valence-electron chi connectivity index (χ1n) is 9.39. The number of hydrogen-bond donors (Lipinski definition) is 1. The summed E-state index contributed by atoms with van der Waals surface area (Å²) in [6.45, 7) is 6.52. The van der Waals surface area contributed by atoms with Crippen LogP contribution < -0.4 is 5.32 Å². The van der Waals surface area contributed by atoms with E-state index in [0.717, 1.165) is 48.1 Å². The number of aryl methyl sites for hydroxylation is 3. The van der Waals surface area contributed by atoms with Crippen molar-refractivity contribution in [2.75, 3.05) is 18.4 Å². The number of benzene rings is 2. The predicted molar refractivity (Wildman–Crippen MR) is 108 cm³/mol. The van der Waals surface area contributed by atoms with Gasteiger partial charge in [-0.15, -0.1) is 0 Å². The van der Waals surface area contributed by atoms with Crippen LogP contribution in [0.5, 0.6) is 0 Å². The molecule has 0 bridgehead atoms. The first-order chi connectivity index (χ1) is 13.2. The monoisotopic (exact) mass is 404 g/mol. The van der Waals surface area contributed by atoms with E-state index in [1.165, 1.54) is 10.4 Å². The molecule has 1 aliphatic heterocycles. The number of sulfonamides is 1. The minimum atomic E-state index is -3.97. The van der Waals surface area contributed by atoms with E-state index in [-0.39, 0.29) is 5.56 Å². The summed E-state index contributed by atoms with van der Waals surface area (Å²) in [5.41, 5.74) is 3.70. The lowest BCUT2D eigenvalue weighted by molar-refractivity contribution is 0.102. The van der Waals surface area contributed by atoms with Crippen LogP contribution in [-0.4, -0.2) is 31.7 Å². The number of hydrogen-bond acceptors (Lipinski definition) is 3. The first kappa shape index (κ1) is 20.5. The third kappa shape index (κ3) is 4.10. The Morgan fingerprint density at radius 3 is 2.21 bits per heavy atom. The Balaban J connectivity index is 1.92. The SMILES string of the molecule is Cc1cc(C)c(NC(=O)c2ccc(F)c(S(=O)(=O)N3CCCCC3)c2)c(C)c1. The largest absolute Gasteiger partial charge is 0.322 e. The third-order valence-corrected chi connectivity index (χ3v) is 6.96. The zero-order valence-corrected chi connectivity index (χ0v) is 17.2. The molecular weight excluding hydrogens is 379 g/mol. The van der Waals surface area contributed by atoms with E-state index >= 15 is 0 Å². The molecule has 0 aliphatic carbocycles. The summed E-state index contributed by atoms with van der Waals surface area (Å²) in [4.78, 5) is 12.3. The van der Waals surface area contributed by atoms with E-state index in [4.69, 9.17) is 0 Å². The molecule has 0 saturated carbocycles. The second-order valence-corrected chi connectivity index (χ2v) is 9.24. The van der Waals surface area contributed by atoms with Gasteiger partial charge < -0.3 is 5.32 Å². The van der Waals surface area contributed by atoms with Crippen LogP contribution in [0.1, 0.15) is 46.3 Å². The normalized spacial score (nSPS) is 15.4. The van der Waals surface area contributed by atoms with Gasteiger partial charge in [0.2, 0.25) is 10.0 Å². The van der Waals surface area contributed by atoms with Crippen molar-refractivity contribution < 1.29 is 17.6 Å². The topological polar surface area (TPSA) is 66.5 Å². The Morgan fingerprint density at radius 1 is 1.00 bits per heavy atom. The molecule has 0 aromatic heterocycles. The first-order valence-corrected chi connectivity index (χ1v) is 10.8. The Hall–Kier alpha value is -2.25. The van der Waals surface area contributed by atoms with Crippen molar-refractivity contribution in [3.63, 3.8) is 0 Å². The lowest BCUT2D eigenvalue weighted by Gasteiger charge is -2.26. The van der Waals surface area contributed by atoms with Gasteiger partial charge in [-0.25, -0.2) is 12.8 Å². The third-order valence-electron chi connectivity index (χ3n) is 5.04. The molecule has 1 aliphatic rings. The Labute approximate surface area is 165 Å². The van der Waals surface area contributed by atoms with Crippen molar-refractivity contribution in [2.45, 2.75) is 44.9 Å². The average Bonchev–Trinajstić information content (AvgIpc) is 2.65. The highest BCUT2D eigenvalue weighted by molar-refractivity contribution is 7.89. The molecule has 2 aromatic rings. The van der Waals surface area contributed by atoms with E-state index in [9.17, 15) is 17.6 Å². The maximum Gasteiger partial charge on any atom is 0.255 e. The highest BCUT2D eigenvalue weighted by atomic mass is 32.2. The van der Waals surface area contributed by atoms with Crippen LogP contribution in [0, 0.1) is 26.6 Å². The molecule has 7 heteroatoms. The van der Waals surface area contributed by atoms with Crippen LogP contribution >= 0.6 is 0 Å². The molecular formula is C21H25FN2O3S. The van der Waals surface area contributed by atoms with Gasteiger partial charge in [-0.1, -0.05) is 24.1 Å². The summed E-state index contributed by atoms with van der Waals surface area (Å²) in [7, 11) is -3.97. The molecule has 0 unspecified atom stereocenters. The van der Waals surface area contributed by atoms with Crippen molar-refractivity contribution in [3.8, 4) is 0 Å². The van der Waals surface area contributed by atoms with Gasteiger partial charge in [0.15, 0.2) is 0 Å². The van der Waals surface area contributed by atoms with Crippen LogP contribution in [-0.2, 0) is 10.0 Å². The van der Waals surface area contributed by atoms with Crippen LogP contribution in [0.4, 0.5) is 10.1 Å². The fraction of sp³-hybridized carbons (Fsp3) is 0.381. The number of carbonyl (C=O) groups excluding carboxylic acids is 1. The molecule has 0 radical (unpaired) electrons. The lowest BCUT2D eigenvalue weighted by Crippen LogP contribution is -2.36. The van der Waals surface area contributed by atoms with Crippen LogP contribution in [0.15, 0.2) is 35.2 Å². The molecule has 0 spiro atoms. The maximum atomic E-state index is 14.3. The molecule has 0 atom stereocenters. The average molecular weight is 405 g/mol. The number of rotatable bonds is 4. The fourth-order valence-electron chi connectivity index (χ4n) is 3.65. The second kappa shape index (κ2) is 8.01. The molecule has 1 saturated heterocycles. The Kier molecular flexibility index (Phi) is 5.86. The highest BCUT2D eigenvalue weighted by Crippen LogP contribution is 2.26. The summed E-state index contributed by atoms with van der Waals surface area (Å²) in [6, 6.07) is 7.39. The summed E-state index contributed by atoms with van der Waals surface area (Å²) in [5.74, 6) is -1.31. The lowest BCUT2D eigenvalue weighted by atomic mass is 10.0. The summed E-state index contributed by atoms with van der Waals surface area (Å²) in [5, 5.41) is 2.83. The Bertz CT molecular complexity index is 989. The van der Waals surface area contributed by atoms with Crippen molar-refractivity contribution in [1.29, 1.82) is 0 Å². The molecule has 150 valence electrons. The zero-order chi connectivity index (χ0) is 20.5. The molecule has 1 amide bonds. The van der Waals surface area contributed by atoms with Crippen molar-refractivity contribution in [3.05, 3.63) is 58.4 Å². The van der Waals surface area contributed by atoms with Gasteiger partial charge in [0.1, 0.15) is 10.7 Å². The number of nitrogens with one attached hydrogen (secondary N) is 1. The van der Waals surface area contributed by atoms with Gasteiger partial charge in [0.05, 0.1) is 0 Å². The number of carbonyl (C=O) groups is 1. The van der Waals surface area contributed by atoms with Crippen molar-refractivity contribution in [2.24, 2.45) is 0 Å². The Morgan fingerprint density at radius 2 is 1.61 bits per heavy atom. The number of piperidine rings is 1. The van der Waals surface area contributed by atoms with Gasteiger partial charge in [-0.2, -0.15) is 4.31 Å².